The third kappa shape index (κ3) is 4.35. The van der Waals surface area contributed by atoms with Gasteiger partial charge in [-0.05, 0) is 32.4 Å². The van der Waals surface area contributed by atoms with Crippen LogP contribution < -0.4 is 0 Å². The van der Waals surface area contributed by atoms with Crippen LogP contribution in [0.3, 0.4) is 0 Å². The molecule has 0 aliphatic carbocycles. The molecular formula is C15H21ClN2O. The summed E-state index contributed by atoms with van der Waals surface area (Å²) in [6.07, 6.45) is 3.53. The second kappa shape index (κ2) is 7.29. The normalized spacial score (nSPS) is 10.6. The molecule has 19 heavy (non-hydrogen) atoms. The molecule has 1 aromatic heterocycles. The third-order valence-corrected chi connectivity index (χ3v) is 3.00. The lowest BCUT2D eigenvalue weighted by Gasteiger charge is -2.25. The van der Waals surface area contributed by atoms with Crippen molar-refractivity contribution < 1.29 is 4.79 Å². The van der Waals surface area contributed by atoms with Gasteiger partial charge in [-0.25, -0.2) is 4.98 Å². The van der Waals surface area contributed by atoms with Crippen molar-refractivity contribution in [2.24, 2.45) is 0 Å². The number of aryl methyl sites for hydroxylation is 1. The van der Waals surface area contributed by atoms with Gasteiger partial charge >= 0.3 is 0 Å². The van der Waals surface area contributed by atoms with E-state index in [-0.39, 0.29) is 11.9 Å². The lowest BCUT2D eigenvalue weighted by molar-refractivity contribution is 0.0728. The number of carbonyl (C=O) groups is 1. The maximum atomic E-state index is 12.5. The fourth-order valence-electron chi connectivity index (χ4n) is 1.89. The maximum absolute atomic E-state index is 12.5. The van der Waals surface area contributed by atoms with E-state index in [0.29, 0.717) is 17.3 Å². The van der Waals surface area contributed by atoms with Crippen molar-refractivity contribution in [3.8, 4) is 0 Å². The van der Waals surface area contributed by atoms with Gasteiger partial charge in [0.05, 0.1) is 0 Å². The lowest BCUT2D eigenvalue weighted by atomic mass is 10.1. The van der Waals surface area contributed by atoms with Crippen LogP contribution in [-0.2, 0) is 6.42 Å². The number of hydrogen-bond donors (Lipinski definition) is 0. The van der Waals surface area contributed by atoms with Crippen molar-refractivity contribution in [1.82, 2.24) is 9.88 Å². The van der Waals surface area contributed by atoms with Crippen molar-refractivity contribution >= 4 is 17.5 Å². The van der Waals surface area contributed by atoms with E-state index in [1.54, 1.807) is 17.0 Å². The Balaban J connectivity index is 3.06. The molecule has 0 aliphatic heterocycles. The van der Waals surface area contributed by atoms with Gasteiger partial charge in [0.15, 0.2) is 0 Å². The molecule has 0 N–H and O–H groups in total. The summed E-state index contributed by atoms with van der Waals surface area (Å²) in [6.45, 7) is 10.3. The van der Waals surface area contributed by atoms with Crippen molar-refractivity contribution in [3.63, 3.8) is 0 Å². The van der Waals surface area contributed by atoms with Gasteiger partial charge in [-0.3, -0.25) is 4.79 Å². The number of halogens is 1. The zero-order valence-corrected chi connectivity index (χ0v) is 12.6. The fraction of sp³-hybridized carbons (Fsp3) is 0.467. The number of carbonyl (C=O) groups excluding carboxylic acids is 1. The molecule has 3 nitrogen and oxygen atoms in total. The van der Waals surface area contributed by atoms with Gasteiger partial charge in [-0.1, -0.05) is 31.0 Å². The molecule has 1 amide bonds. The Morgan fingerprint density at radius 1 is 1.53 bits per heavy atom. The first-order valence-electron chi connectivity index (χ1n) is 6.57. The molecule has 1 heterocycles. The Hall–Kier alpha value is -1.35. The molecule has 0 unspecified atom stereocenters. The summed E-state index contributed by atoms with van der Waals surface area (Å²) in [5.41, 5.74) is 1.46. The summed E-state index contributed by atoms with van der Waals surface area (Å²) >= 11 is 5.99. The Kier molecular flexibility index (Phi) is 6.03. The van der Waals surface area contributed by atoms with Crippen LogP contribution in [0.4, 0.5) is 0 Å². The number of amides is 1. The summed E-state index contributed by atoms with van der Waals surface area (Å²) in [7, 11) is 0. The smallest absolute Gasteiger partial charge is 0.254 e. The van der Waals surface area contributed by atoms with Crippen LogP contribution >= 0.6 is 11.6 Å². The SMILES string of the molecule is C=CCN(C(=O)c1cc(Cl)nc(CCC)c1)C(C)C. The Labute approximate surface area is 120 Å². The molecule has 1 rings (SSSR count). The van der Waals surface area contributed by atoms with Gasteiger partial charge in [-0.15, -0.1) is 6.58 Å². The summed E-state index contributed by atoms with van der Waals surface area (Å²) in [5, 5.41) is 0.372. The molecule has 0 radical (unpaired) electrons. The minimum absolute atomic E-state index is 0.0310. The van der Waals surface area contributed by atoms with Crippen LogP contribution in [-0.4, -0.2) is 28.4 Å². The highest BCUT2D eigenvalue weighted by Crippen LogP contribution is 2.15. The van der Waals surface area contributed by atoms with Gasteiger partial charge in [-0.2, -0.15) is 0 Å². The highest BCUT2D eigenvalue weighted by atomic mass is 35.5. The average molecular weight is 281 g/mol. The molecule has 0 saturated carbocycles. The zero-order valence-electron chi connectivity index (χ0n) is 11.8. The summed E-state index contributed by atoms with van der Waals surface area (Å²) in [4.78, 5) is 18.5. The van der Waals surface area contributed by atoms with Crippen LogP contribution in [0.1, 0.15) is 43.2 Å². The van der Waals surface area contributed by atoms with Crippen LogP contribution in [0.2, 0.25) is 5.15 Å². The van der Waals surface area contributed by atoms with E-state index in [1.165, 1.54) is 0 Å². The molecule has 0 saturated heterocycles. The standard InChI is InChI=1S/C15H21ClN2O/c1-5-7-13-9-12(10-14(16)17-13)15(19)18(8-6-2)11(3)4/h6,9-11H,2,5,7-8H2,1,3-4H3. The first-order valence-corrected chi connectivity index (χ1v) is 6.95. The highest BCUT2D eigenvalue weighted by Gasteiger charge is 2.18. The van der Waals surface area contributed by atoms with Crippen LogP contribution in [0, 0.1) is 0 Å². The van der Waals surface area contributed by atoms with Gasteiger partial charge in [0, 0.05) is 23.8 Å². The van der Waals surface area contributed by atoms with Crippen molar-refractivity contribution in [1.29, 1.82) is 0 Å². The van der Waals surface area contributed by atoms with Gasteiger partial charge in [0.25, 0.3) is 5.91 Å². The molecule has 0 spiro atoms. The molecule has 0 bridgehead atoms. The van der Waals surface area contributed by atoms with Gasteiger partial charge < -0.3 is 4.90 Å². The molecule has 0 aliphatic rings. The number of hydrogen-bond acceptors (Lipinski definition) is 2. The predicted molar refractivity (Wildman–Crippen MR) is 79.6 cm³/mol. The largest absolute Gasteiger partial charge is 0.333 e. The Bertz CT molecular complexity index is 457. The third-order valence-electron chi connectivity index (χ3n) is 2.81. The molecule has 0 fully saturated rings. The first-order chi connectivity index (χ1) is 8.99. The van der Waals surface area contributed by atoms with Gasteiger partial charge in [0.2, 0.25) is 0 Å². The molecule has 4 heteroatoms. The zero-order chi connectivity index (χ0) is 14.4. The van der Waals surface area contributed by atoms with Crippen LogP contribution in [0.5, 0.6) is 0 Å². The Morgan fingerprint density at radius 3 is 2.74 bits per heavy atom. The summed E-state index contributed by atoms with van der Waals surface area (Å²) in [6, 6.07) is 3.57. The average Bonchev–Trinajstić information content (AvgIpc) is 2.34. The van der Waals surface area contributed by atoms with Crippen LogP contribution in [0.15, 0.2) is 24.8 Å². The summed E-state index contributed by atoms with van der Waals surface area (Å²) in [5.74, 6) is -0.0310. The van der Waals surface area contributed by atoms with E-state index >= 15 is 0 Å². The minimum Gasteiger partial charge on any atom is -0.333 e. The predicted octanol–water partition coefficient (Wildman–Crippen LogP) is 3.72. The van der Waals surface area contributed by atoms with E-state index in [9.17, 15) is 4.79 Å². The molecule has 1 aromatic rings. The highest BCUT2D eigenvalue weighted by molar-refractivity contribution is 6.29. The molecule has 0 aromatic carbocycles. The number of aromatic nitrogens is 1. The number of rotatable bonds is 6. The molecular weight excluding hydrogens is 260 g/mol. The van der Waals surface area contributed by atoms with Crippen LogP contribution in [0.25, 0.3) is 0 Å². The number of nitrogens with zero attached hydrogens (tertiary/aromatic N) is 2. The molecule has 104 valence electrons. The second-order valence-corrected chi connectivity index (χ2v) is 5.15. The van der Waals surface area contributed by atoms with E-state index in [1.807, 2.05) is 19.9 Å². The van der Waals surface area contributed by atoms with Crippen molar-refractivity contribution in [2.75, 3.05) is 6.54 Å². The topological polar surface area (TPSA) is 33.2 Å². The monoisotopic (exact) mass is 280 g/mol. The van der Waals surface area contributed by atoms with E-state index in [4.69, 9.17) is 11.6 Å². The van der Waals surface area contributed by atoms with Crippen molar-refractivity contribution in [2.45, 2.75) is 39.7 Å². The second-order valence-electron chi connectivity index (χ2n) is 4.76. The number of pyridine rings is 1. The Morgan fingerprint density at radius 2 is 2.21 bits per heavy atom. The summed E-state index contributed by atoms with van der Waals surface area (Å²) < 4.78 is 0. The fourth-order valence-corrected chi connectivity index (χ4v) is 2.12. The van der Waals surface area contributed by atoms with E-state index in [2.05, 4.69) is 18.5 Å². The van der Waals surface area contributed by atoms with Gasteiger partial charge in [0.1, 0.15) is 5.15 Å². The molecule has 0 atom stereocenters. The first kappa shape index (κ1) is 15.7. The minimum atomic E-state index is -0.0310. The maximum Gasteiger partial charge on any atom is 0.254 e. The van der Waals surface area contributed by atoms with Crippen molar-refractivity contribution in [3.05, 3.63) is 41.2 Å². The van der Waals surface area contributed by atoms with E-state index in [0.717, 1.165) is 18.5 Å². The van der Waals surface area contributed by atoms with E-state index < -0.39 is 0 Å². The quantitative estimate of drug-likeness (QED) is 0.588. The lowest BCUT2D eigenvalue weighted by Crippen LogP contribution is -2.37.